The van der Waals surface area contributed by atoms with Crippen LogP contribution in [0, 0.1) is 12.7 Å². The predicted octanol–water partition coefficient (Wildman–Crippen LogP) is 4.58. The zero-order valence-electron chi connectivity index (χ0n) is 15.5. The fourth-order valence-corrected chi connectivity index (χ4v) is 3.53. The lowest BCUT2D eigenvalue weighted by molar-refractivity contribution is 0.0300. The van der Waals surface area contributed by atoms with Crippen LogP contribution in [0.25, 0.3) is 22.1 Å². The smallest absolute Gasteiger partial charge is 0.257 e. The Morgan fingerprint density at radius 2 is 1.89 bits per heavy atom. The van der Waals surface area contributed by atoms with Gasteiger partial charge in [0.25, 0.3) is 5.91 Å². The lowest BCUT2D eigenvalue weighted by atomic mass is 9.98. The molecule has 0 saturated carbocycles. The second kappa shape index (κ2) is 7.16. The first-order valence-electron chi connectivity index (χ1n) is 9.27. The van der Waals surface area contributed by atoms with E-state index in [9.17, 15) is 9.18 Å². The van der Waals surface area contributed by atoms with Crippen LogP contribution in [-0.2, 0) is 11.2 Å². The van der Waals surface area contributed by atoms with Crippen LogP contribution in [-0.4, -0.2) is 37.1 Å². The van der Waals surface area contributed by atoms with Gasteiger partial charge in [0.1, 0.15) is 17.2 Å². The number of rotatable bonds is 3. The molecule has 140 valence electrons. The topological polar surface area (TPSA) is 42.7 Å². The maximum atomic E-state index is 14.4. The molecule has 4 nitrogen and oxygen atoms in total. The first-order chi connectivity index (χ1) is 13.1. The van der Waals surface area contributed by atoms with Crippen LogP contribution in [0.15, 0.2) is 40.8 Å². The van der Waals surface area contributed by atoms with E-state index in [4.69, 9.17) is 9.15 Å². The quantitative estimate of drug-likeness (QED) is 0.680. The molecule has 0 bridgehead atoms. The number of hydrogen-bond donors (Lipinski definition) is 0. The fourth-order valence-electron chi connectivity index (χ4n) is 3.53. The van der Waals surface area contributed by atoms with Gasteiger partial charge < -0.3 is 14.1 Å². The number of benzene rings is 2. The maximum absolute atomic E-state index is 14.4. The standard InChI is InChI=1S/C22H22FNO3/c1-3-18-12-17-11-16(10-14(2)21(17)27-18)15-4-5-20(23)19(13-15)22(25)24-6-8-26-9-7-24/h4-5,10-13H,3,6-9H2,1-2H3. The van der Waals surface area contributed by atoms with Gasteiger partial charge in [0.15, 0.2) is 0 Å². The minimum Gasteiger partial charge on any atom is -0.461 e. The Bertz CT molecular complexity index is 1000. The van der Waals surface area contributed by atoms with Crippen LogP contribution in [0.3, 0.4) is 0 Å². The Morgan fingerprint density at radius 1 is 1.11 bits per heavy atom. The summed E-state index contributed by atoms with van der Waals surface area (Å²) in [6, 6.07) is 10.8. The Morgan fingerprint density at radius 3 is 2.63 bits per heavy atom. The van der Waals surface area contributed by atoms with Crippen molar-refractivity contribution in [2.75, 3.05) is 26.3 Å². The average molecular weight is 367 g/mol. The number of carbonyl (C=O) groups excluding carboxylic acids is 1. The van der Waals surface area contributed by atoms with Crippen molar-refractivity contribution in [3.63, 3.8) is 0 Å². The zero-order valence-corrected chi connectivity index (χ0v) is 15.5. The number of aryl methyl sites for hydroxylation is 2. The average Bonchev–Trinajstić information content (AvgIpc) is 3.12. The summed E-state index contributed by atoms with van der Waals surface area (Å²) in [5.74, 6) is 0.157. The van der Waals surface area contributed by atoms with E-state index in [1.165, 1.54) is 6.07 Å². The lowest BCUT2D eigenvalue weighted by Crippen LogP contribution is -2.41. The highest BCUT2D eigenvalue weighted by atomic mass is 19.1. The van der Waals surface area contributed by atoms with Gasteiger partial charge in [-0.15, -0.1) is 0 Å². The van der Waals surface area contributed by atoms with Gasteiger partial charge in [-0.05, 0) is 53.9 Å². The second-order valence-corrected chi connectivity index (χ2v) is 6.88. The third-order valence-corrected chi connectivity index (χ3v) is 5.03. The number of nitrogens with zero attached hydrogens (tertiary/aromatic N) is 1. The van der Waals surface area contributed by atoms with E-state index >= 15 is 0 Å². The van der Waals surface area contributed by atoms with Gasteiger partial charge in [-0.1, -0.05) is 13.0 Å². The summed E-state index contributed by atoms with van der Waals surface area (Å²) in [7, 11) is 0. The van der Waals surface area contributed by atoms with Crippen LogP contribution in [0.1, 0.15) is 28.6 Å². The van der Waals surface area contributed by atoms with Gasteiger partial charge in [0.05, 0.1) is 18.8 Å². The molecular formula is C22H22FNO3. The number of halogens is 1. The van der Waals surface area contributed by atoms with E-state index in [0.29, 0.717) is 26.3 Å². The minimum atomic E-state index is -0.496. The predicted molar refractivity (Wildman–Crippen MR) is 102 cm³/mol. The molecule has 3 aromatic rings. The Balaban J connectivity index is 1.74. The summed E-state index contributed by atoms with van der Waals surface area (Å²) in [6.45, 7) is 6.01. The van der Waals surface area contributed by atoms with E-state index in [2.05, 4.69) is 6.92 Å². The number of carbonyl (C=O) groups is 1. The van der Waals surface area contributed by atoms with E-state index in [1.54, 1.807) is 17.0 Å². The molecule has 1 aromatic heterocycles. The summed E-state index contributed by atoms with van der Waals surface area (Å²) >= 11 is 0. The Kier molecular flexibility index (Phi) is 4.70. The first-order valence-corrected chi connectivity index (χ1v) is 9.27. The van der Waals surface area contributed by atoms with Crippen molar-refractivity contribution in [1.29, 1.82) is 0 Å². The molecule has 0 aliphatic carbocycles. The van der Waals surface area contributed by atoms with Crippen LogP contribution < -0.4 is 0 Å². The molecule has 1 saturated heterocycles. The molecule has 5 heteroatoms. The van der Waals surface area contributed by atoms with Crippen molar-refractivity contribution >= 4 is 16.9 Å². The van der Waals surface area contributed by atoms with E-state index in [0.717, 1.165) is 39.8 Å². The van der Waals surface area contributed by atoms with E-state index in [-0.39, 0.29) is 11.5 Å². The summed E-state index contributed by atoms with van der Waals surface area (Å²) in [6.07, 6.45) is 0.832. The Labute approximate surface area is 157 Å². The van der Waals surface area contributed by atoms with Crippen LogP contribution in [0.2, 0.25) is 0 Å². The molecule has 0 spiro atoms. The molecule has 0 radical (unpaired) electrons. The number of morpholine rings is 1. The summed E-state index contributed by atoms with van der Waals surface area (Å²) in [5.41, 5.74) is 3.76. The maximum Gasteiger partial charge on any atom is 0.257 e. The molecule has 0 unspecified atom stereocenters. The second-order valence-electron chi connectivity index (χ2n) is 6.88. The summed E-state index contributed by atoms with van der Waals surface area (Å²) < 4.78 is 25.5. The van der Waals surface area contributed by atoms with Gasteiger partial charge >= 0.3 is 0 Å². The van der Waals surface area contributed by atoms with Crippen molar-refractivity contribution in [3.8, 4) is 11.1 Å². The molecule has 1 aliphatic rings. The third-order valence-electron chi connectivity index (χ3n) is 5.03. The minimum absolute atomic E-state index is 0.105. The SMILES string of the molecule is CCc1cc2cc(-c3ccc(F)c(C(=O)N4CCOCC4)c3)cc(C)c2o1. The van der Waals surface area contributed by atoms with E-state index in [1.807, 2.05) is 25.1 Å². The molecule has 1 amide bonds. The van der Waals surface area contributed by atoms with Gasteiger partial charge in [0.2, 0.25) is 0 Å². The fraction of sp³-hybridized carbons (Fsp3) is 0.318. The van der Waals surface area contributed by atoms with Crippen molar-refractivity contribution in [1.82, 2.24) is 4.90 Å². The number of fused-ring (bicyclic) bond motifs is 1. The largest absolute Gasteiger partial charge is 0.461 e. The molecule has 1 aliphatic heterocycles. The number of ether oxygens (including phenoxy) is 1. The van der Waals surface area contributed by atoms with Crippen molar-refractivity contribution in [3.05, 3.63) is 59.1 Å². The lowest BCUT2D eigenvalue weighted by Gasteiger charge is -2.27. The molecule has 1 fully saturated rings. The first kappa shape index (κ1) is 17.7. The highest BCUT2D eigenvalue weighted by Crippen LogP contribution is 2.31. The summed E-state index contributed by atoms with van der Waals surface area (Å²) in [5, 5.41) is 1.02. The molecule has 4 rings (SSSR count). The molecular weight excluding hydrogens is 345 g/mol. The zero-order chi connectivity index (χ0) is 19.0. The van der Waals surface area contributed by atoms with Crippen molar-refractivity contribution < 1.29 is 18.3 Å². The van der Waals surface area contributed by atoms with E-state index < -0.39 is 5.82 Å². The van der Waals surface area contributed by atoms with Gasteiger partial charge in [-0.3, -0.25) is 4.79 Å². The number of furan rings is 1. The van der Waals surface area contributed by atoms with Gasteiger partial charge in [0, 0.05) is 24.9 Å². The highest BCUT2D eigenvalue weighted by Gasteiger charge is 2.22. The van der Waals surface area contributed by atoms with Crippen LogP contribution in [0.4, 0.5) is 4.39 Å². The number of hydrogen-bond acceptors (Lipinski definition) is 3. The van der Waals surface area contributed by atoms with Gasteiger partial charge in [-0.25, -0.2) is 4.39 Å². The third kappa shape index (κ3) is 3.35. The Hall–Kier alpha value is -2.66. The number of amides is 1. The molecule has 0 N–H and O–H groups in total. The van der Waals surface area contributed by atoms with Crippen LogP contribution in [0.5, 0.6) is 0 Å². The monoisotopic (exact) mass is 367 g/mol. The molecule has 27 heavy (non-hydrogen) atoms. The highest BCUT2D eigenvalue weighted by molar-refractivity contribution is 5.96. The van der Waals surface area contributed by atoms with Crippen molar-refractivity contribution in [2.45, 2.75) is 20.3 Å². The van der Waals surface area contributed by atoms with Crippen molar-refractivity contribution in [2.24, 2.45) is 0 Å². The molecule has 2 heterocycles. The molecule has 0 atom stereocenters. The van der Waals surface area contributed by atoms with Crippen LogP contribution >= 0.6 is 0 Å². The molecule has 2 aromatic carbocycles. The summed E-state index contributed by atoms with van der Waals surface area (Å²) in [4.78, 5) is 14.4. The van der Waals surface area contributed by atoms with Gasteiger partial charge in [-0.2, -0.15) is 0 Å². The normalized spacial score (nSPS) is 14.7.